The molecule has 1 unspecified atom stereocenters. The van der Waals surface area contributed by atoms with Crippen molar-refractivity contribution in [1.82, 2.24) is 15.3 Å². The van der Waals surface area contributed by atoms with E-state index in [1.165, 1.54) is 0 Å². The van der Waals surface area contributed by atoms with E-state index in [4.69, 9.17) is 0 Å². The molecular formula is C14H19N3OS. The molecule has 0 amide bonds. The van der Waals surface area contributed by atoms with Crippen LogP contribution < -0.4 is 5.32 Å². The van der Waals surface area contributed by atoms with Crippen LogP contribution in [0.15, 0.2) is 35.6 Å². The van der Waals surface area contributed by atoms with Crippen LogP contribution in [0, 0.1) is 0 Å². The Labute approximate surface area is 117 Å². The van der Waals surface area contributed by atoms with E-state index in [1.54, 1.807) is 18.1 Å². The maximum Gasteiger partial charge on any atom is 0.117 e. The molecule has 0 fully saturated rings. The number of fused-ring (bicyclic) bond motifs is 1. The van der Waals surface area contributed by atoms with Crippen molar-refractivity contribution in [3.8, 4) is 0 Å². The second-order valence-corrected chi connectivity index (χ2v) is 5.70. The molecule has 19 heavy (non-hydrogen) atoms. The van der Waals surface area contributed by atoms with Crippen LogP contribution in [0.5, 0.6) is 0 Å². The van der Waals surface area contributed by atoms with Gasteiger partial charge < -0.3 is 10.4 Å². The maximum absolute atomic E-state index is 9.50. The Balaban J connectivity index is 2.17. The number of nitrogens with one attached hydrogen (secondary N) is 1. The Kier molecular flexibility index (Phi) is 4.74. The predicted octanol–water partition coefficient (Wildman–Crippen LogP) is 2.08. The van der Waals surface area contributed by atoms with E-state index >= 15 is 0 Å². The first-order chi connectivity index (χ1) is 9.18. The lowest BCUT2D eigenvalue weighted by Gasteiger charge is -2.27. The minimum Gasteiger partial charge on any atom is -0.394 e. The lowest BCUT2D eigenvalue weighted by molar-refractivity contribution is 0.194. The molecule has 0 spiro atoms. The van der Waals surface area contributed by atoms with Crippen LogP contribution >= 0.6 is 11.8 Å². The molecule has 0 aliphatic heterocycles. The summed E-state index contributed by atoms with van der Waals surface area (Å²) in [6.07, 6.45) is 1.59. The fourth-order valence-electron chi connectivity index (χ4n) is 1.90. The quantitative estimate of drug-likeness (QED) is 0.625. The van der Waals surface area contributed by atoms with Crippen molar-refractivity contribution < 1.29 is 5.11 Å². The normalized spacial score (nSPS) is 14.5. The van der Waals surface area contributed by atoms with E-state index in [2.05, 4.69) is 15.3 Å². The Morgan fingerprint density at radius 2 is 2.11 bits per heavy atom. The molecule has 0 aliphatic carbocycles. The number of nitrogens with zero attached hydrogens (tertiary/aromatic N) is 2. The molecule has 0 radical (unpaired) electrons. The zero-order valence-electron chi connectivity index (χ0n) is 11.3. The van der Waals surface area contributed by atoms with E-state index < -0.39 is 0 Å². The van der Waals surface area contributed by atoms with Crippen LogP contribution in [0.25, 0.3) is 10.9 Å². The SMILES string of the molecule is CCNC(C)(CO)CSc1ncnc2ccccc12. The van der Waals surface area contributed by atoms with Crippen molar-refractivity contribution >= 4 is 22.7 Å². The zero-order chi connectivity index (χ0) is 13.7. The van der Waals surface area contributed by atoms with Gasteiger partial charge in [0.2, 0.25) is 0 Å². The number of aromatic nitrogens is 2. The van der Waals surface area contributed by atoms with Crippen molar-refractivity contribution in [3.05, 3.63) is 30.6 Å². The molecule has 2 rings (SSSR count). The Morgan fingerprint density at radius 3 is 2.84 bits per heavy atom. The van der Waals surface area contributed by atoms with Crippen LogP contribution in [-0.4, -0.2) is 39.5 Å². The highest BCUT2D eigenvalue weighted by atomic mass is 32.2. The van der Waals surface area contributed by atoms with E-state index in [0.29, 0.717) is 0 Å². The minimum absolute atomic E-state index is 0.108. The van der Waals surface area contributed by atoms with E-state index in [0.717, 1.165) is 28.2 Å². The van der Waals surface area contributed by atoms with Gasteiger partial charge in [-0.05, 0) is 19.5 Å². The molecular weight excluding hydrogens is 258 g/mol. The third-order valence-electron chi connectivity index (χ3n) is 2.99. The predicted molar refractivity (Wildman–Crippen MR) is 79.4 cm³/mol. The van der Waals surface area contributed by atoms with Gasteiger partial charge in [-0.15, -0.1) is 11.8 Å². The molecule has 2 aromatic rings. The molecule has 4 nitrogen and oxygen atoms in total. The number of hydrogen-bond acceptors (Lipinski definition) is 5. The Morgan fingerprint density at radius 1 is 1.32 bits per heavy atom. The lowest BCUT2D eigenvalue weighted by Crippen LogP contribution is -2.47. The van der Waals surface area contributed by atoms with Crippen LogP contribution in [0.2, 0.25) is 0 Å². The highest BCUT2D eigenvalue weighted by molar-refractivity contribution is 7.99. The minimum atomic E-state index is -0.286. The third kappa shape index (κ3) is 3.43. The summed E-state index contributed by atoms with van der Waals surface area (Å²) in [6.45, 7) is 5.00. The monoisotopic (exact) mass is 277 g/mol. The smallest absolute Gasteiger partial charge is 0.117 e. The van der Waals surface area contributed by atoms with Crippen LogP contribution in [0.4, 0.5) is 0 Å². The molecule has 1 aromatic carbocycles. The summed E-state index contributed by atoms with van der Waals surface area (Å²) >= 11 is 1.65. The van der Waals surface area contributed by atoms with Gasteiger partial charge in [0.1, 0.15) is 11.4 Å². The summed E-state index contributed by atoms with van der Waals surface area (Å²) in [4.78, 5) is 8.60. The number of aliphatic hydroxyl groups is 1. The fraction of sp³-hybridized carbons (Fsp3) is 0.429. The van der Waals surface area contributed by atoms with Crippen LogP contribution in [0.3, 0.4) is 0 Å². The van der Waals surface area contributed by atoms with Gasteiger partial charge in [-0.2, -0.15) is 0 Å². The molecule has 2 N–H and O–H groups in total. The number of rotatable bonds is 6. The van der Waals surface area contributed by atoms with Gasteiger partial charge in [-0.3, -0.25) is 0 Å². The van der Waals surface area contributed by atoms with Gasteiger partial charge in [0, 0.05) is 16.7 Å². The first kappa shape index (κ1) is 14.2. The van der Waals surface area contributed by atoms with Crippen molar-refractivity contribution in [1.29, 1.82) is 0 Å². The number of aliphatic hydroxyl groups excluding tert-OH is 1. The Bertz CT molecular complexity index is 544. The molecule has 0 bridgehead atoms. The van der Waals surface area contributed by atoms with Gasteiger partial charge in [0.15, 0.2) is 0 Å². The standard InChI is InChI=1S/C14H19N3OS/c1-3-17-14(2,8-18)9-19-13-11-6-4-5-7-12(11)15-10-16-13/h4-7,10,17-18H,3,8-9H2,1-2H3. The summed E-state index contributed by atoms with van der Waals surface area (Å²) in [5, 5.41) is 14.8. The molecule has 1 heterocycles. The topological polar surface area (TPSA) is 58.0 Å². The lowest BCUT2D eigenvalue weighted by atomic mass is 10.1. The van der Waals surface area contributed by atoms with E-state index in [9.17, 15) is 5.11 Å². The number of thioether (sulfide) groups is 1. The largest absolute Gasteiger partial charge is 0.394 e. The zero-order valence-corrected chi connectivity index (χ0v) is 12.1. The van der Waals surface area contributed by atoms with E-state index in [-0.39, 0.29) is 12.1 Å². The van der Waals surface area contributed by atoms with Crippen molar-refractivity contribution in [2.24, 2.45) is 0 Å². The van der Waals surface area contributed by atoms with Crippen molar-refractivity contribution in [3.63, 3.8) is 0 Å². The molecule has 1 aromatic heterocycles. The molecule has 0 aliphatic rings. The first-order valence-electron chi connectivity index (χ1n) is 6.37. The summed E-state index contributed by atoms with van der Waals surface area (Å²) in [6, 6.07) is 7.98. The second kappa shape index (κ2) is 6.32. The molecule has 102 valence electrons. The highest BCUT2D eigenvalue weighted by Gasteiger charge is 2.22. The second-order valence-electron chi connectivity index (χ2n) is 4.73. The third-order valence-corrected chi connectivity index (χ3v) is 4.37. The summed E-state index contributed by atoms with van der Waals surface area (Å²) in [5.74, 6) is 0.762. The summed E-state index contributed by atoms with van der Waals surface area (Å²) < 4.78 is 0. The molecule has 5 heteroatoms. The average Bonchev–Trinajstić information content (AvgIpc) is 2.45. The maximum atomic E-state index is 9.50. The number of benzene rings is 1. The summed E-state index contributed by atoms with van der Waals surface area (Å²) in [5.41, 5.74) is 0.667. The highest BCUT2D eigenvalue weighted by Crippen LogP contribution is 2.26. The van der Waals surface area contributed by atoms with Crippen LogP contribution in [0.1, 0.15) is 13.8 Å². The van der Waals surface area contributed by atoms with Gasteiger partial charge in [-0.25, -0.2) is 9.97 Å². The fourth-order valence-corrected chi connectivity index (χ4v) is 3.00. The van der Waals surface area contributed by atoms with Gasteiger partial charge in [0.05, 0.1) is 12.1 Å². The number of hydrogen-bond donors (Lipinski definition) is 2. The summed E-state index contributed by atoms with van der Waals surface area (Å²) in [7, 11) is 0. The van der Waals surface area contributed by atoms with Gasteiger partial charge >= 0.3 is 0 Å². The molecule has 0 saturated carbocycles. The van der Waals surface area contributed by atoms with Gasteiger partial charge in [0.25, 0.3) is 0 Å². The van der Waals surface area contributed by atoms with Crippen molar-refractivity contribution in [2.75, 3.05) is 18.9 Å². The van der Waals surface area contributed by atoms with Gasteiger partial charge in [-0.1, -0.05) is 25.1 Å². The molecule has 1 atom stereocenters. The molecule has 0 saturated heterocycles. The van der Waals surface area contributed by atoms with Crippen molar-refractivity contribution in [2.45, 2.75) is 24.4 Å². The van der Waals surface area contributed by atoms with E-state index in [1.807, 2.05) is 38.1 Å². The number of likely N-dealkylation sites (N-methyl/N-ethyl adjacent to an activating group) is 1. The first-order valence-corrected chi connectivity index (χ1v) is 7.35. The van der Waals surface area contributed by atoms with Crippen LogP contribution in [-0.2, 0) is 0 Å². The average molecular weight is 277 g/mol. The number of para-hydroxylation sites is 1. The Hall–Kier alpha value is -1.17.